The van der Waals surface area contributed by atoms with Crippen molar-refractivity contribution < 1.29 is 9.53 Å². The molecule has 3 rings (SSSR count). The van der Waals surface area contributed by atoms with Crippen molar-refractivity contribution in [2.75, 3.05) is 25.0 Å². The molecule has 0 aromatic carbocycles. The number of aromatic nitrogens is 1. The van der Waals surface area contributed by atoms with Gasteiger partial charge in [0.05, 0.1) is 18.0 Å². The Morgan fingerprint density at radius 2 is 2.26 bits per heavy atom. The highest BCUT2D eigenvalue weighted by Crippen LogP contribution is 2.21. The van der Waals surface area contributed by atoms with E-state index in [0.29, 0.717) is 17.8 Å². The Labute approximate surface area is 138 Å². The van der Waals surface area contributed by atoms with Crippen LogP contribution in [0.3, 0.4) is 0 Å². The van der Waals surface area contributed by atoms with E-state index in [2.05, 4.69) is 17.2 Å². The summed E-state index contributed by atoms with van der Waals surface area (Å²) in [6, 6.07) is 4.15. The summed E-state index contributed by atoms with van der Waals surface area (Å²) in [5, 5.41) is 3.34. The summed E-state index contributed by atoms with van der Waals surface area (Å²) in [6.07, 6.45) is 8.78. The molecule has 2 unspecified atom stereocenters. The predicted octanol–water partition coefficient (Wildman–Crippen LogP) is 3.08. The van der Waals surface area contributed by atoms with Gasteiger partial charge in [0.2, 0.25) is 0 Å². The predicted molar refractivity (Wildman–Crippen MR) is 90.7 cm³/mol. The summed E-state index contributed by atoms with van der Waals surface area (Å²) < 4.78 is 5.60. The minimum Gasteiger partial charge on any atom is -0.381 e. The Morgan fingerprint density at radius 1 is 1.35 bits per heavy atom. The molecule has 0 radical (unpaired) electrons. The molecule has 2 aliphatic rings. The van der Waals surface area contributed by atoms with Crippen LogP contribution in [0.15, 0.2) is 18.3 Å². The van der Waals surface area contributed by atoms with E-state index in [1.165, 1.54) is 6.42 Å². The number of pyridine rings is 1. The lowest BCUT2D eigenvalue weighted by molar-refractivity contribution is 0.0602. The zero-order valence-electron chi connectivity index (χ0n) is 14.0. The fourth-order valence-corrected chi connectivity index (χ4v) is 3.50. The van der Waals surface area contributed by atoms with Gasteiger partial charge in [-0.15, -0.1) is 0 Å². The quantitative estimate of drug-likeness (QED) is 0.907. The van der Waals surface area contributed by atoms with E-state index in [9.17, 15) is 4.79 Å². The number of carbonyl (C=O) groups excluding carboxylic acids is 1. The van der Waals surface area contributed by atoms with Gasteiger partial charge in [-0.1, -0.05) is 6.92 Å². The minimum absolute atomic E-state index is 0.0715. The average Bonchev–Trinajstić information content (AvgIpc) is 3.13. The van der Waals surface area contributed by atoms with Crippen molar-refractivity contribution >= 4 is 11.6 Å². The molecule has 1 aromatic rings. The van der Waals surface area contributed by atoms with E-state index >= 15 is 0 Å². The number of piperidine rings is 1. The molecule has 0 spiro atoms. The van der Waals surface area contributed by atoms with Crippen LogP contribution in [-0.2, 0) is 4.74 Å². The van der Waals surface area contributed by atoms with Gasteiger partial charge in [-0.05, 0) is 50.7 Å². The lowest BCUT2D eigenvalue weighted by Crippen LogP contribution is -2.43. The van der Waals surface area contributed by atoms with Gasteiger partial charge in [0, 0.05) is 25.7 Å². The zero-order valence-corrected chi connectivity index (χ0v) is 14.0. The molecule has 2 aliphatic heterocycles. The first-order valence-corrected chi connectivity index (χ1v) is 8.90. The van der Waals surface area contributed by atoms with Gasteiger partial charge < -0.3 is 15.0 Å². The molecule has 126 valence electrons. The lowest BCUT2D eigenvalue weighted by atomic mass is 9.99. The van der Waals surface area contributed by atoms with Crippen LogP contribution >= 0.6 is 0 Å². The van der Waals surface area contributed by atoms with Crippen LogP contribution < -0.4 is 5.32 Å². The van der Waals surface area contributed by atoms with Crippen LogP contribution in [0, 0.1) is 0 Å². The van der Waals surface area contributed by atoms with Gasteiger partial charge in [0.1, 0.15) is 5.69 Å². The summed E-state index contributed by atoms with van der Waals surface area (Å²) in [5.74, 6) is 0.0715. The smallest absolute Gasteiger partial charge is 0.272 e. The van der Waals surface area contributed by atoms with E-state index in [4.69, 9.17) is 4.74 Å². The average molecular weight is 317 g/mol. The number of hydrogen-bond donors (Lipinski definition) is 1. The van der Waals surface area contributed by atoms with Gasteiger partial charge in [-0.25, -0.2) is 4.98 Å². The van der Waals surface area contributed by atoms with Crippen molar-refractivity contribution in [1.82, 2.24) is 9.88 Å². The molecule has 5 heteroatoms. The monoisotopic (exact) mass is 317 g/mol. The lowest BCUT2D eigenvalue weighted by Gasteiger charge is -2.35. The second-order valence-electron chi connectivity index (χ2n) is 6.50. The number of nitrogens with zero attached hydrogens (tertiary/aromatic N) is 2. The Balaban J connectivity index is 1.58. The highest BCUT2D eigenvalue weighted by molar-refractivity contribution is 5.92. The van der Waals surface area contributed by atoms with Crippen molar-refractivity contribution in [2.24, 2.45) is 0 Å². The fraction of sp³-hybridized carbons (Fsp3) is 0.667. The molecule has 2 saturated heterocycles. The first-order chi connectivity index (χ1) is 11.3. The van der Waals surface area contributed by atoms with Gasteiger partial charge >= 0.3 is 0 Å². The Kier molecular flexibility index (Phi) is 5.49. The Bertz CT molecular complexity index is 512. The minimum atomic E-state index is 0.0715. The summed E-state index contributed by atoms with van der Waals surface area (Å²) in [5.41, 5.74) is 1.50. The molecule has 1 aromatic heterocycles. The van der Waals surface area contributed by atoms with Crippen molar-refractivity contribution in [3.63, 3.8) is 0 Å². The normalized spacial score (nSPS) is 24.7. The maximum Gasteiger partial charge on any atom is 0.272 e. The topological polar surface area (TPSA) is 54.5 Å². The molecule has 2 atom stereocenters. The van der Waals surface area contributed by atoms with Gasteiger partial charge in [0.25, 0.3) is 5.91 Å². The SMILES string of the molecule is CCC1CCCCN1C(=O)c1ccc(NCC2CCCO2)cn1. The van der Waals surface area contributed by atoms with E-state index in [0.717, 1.165) is 57.5 Å². The maximum atomic E-state index is 12.7. The molecule has 1 N–H and O–H groups in total. The molecular weight excluding hydrogens is 290 g/mol. The summed E-state index contributed by atoms with van der Waals surface area (Å²) in [7, 11) is 0. The van der Waals surface area contributed by atoms with Crippen molar-refractivity contribution in [1.29, 1.82) is 0 Å². The van der Waals surface area contributed by atoms with Crippen molar-refractivity contribution in [3.8, 4) is 0 Å². The fourth-order valence-electron chi connectivity index (χ4n) is 3.50. The van der Waals surface area contributed by atoms with Gasteiger partial charge in [-0.3, -0.25) is 4.79 Å². The van der Waals surface area contributed by atoms with E-state index in [-0.39, 0.29) is 5.91 Å². The second kappa shape index (κ2) is 7.77. The molecule has 0 aliphatic carbocycles. The van der Waals surface area contributed by atoms with Gasteiger partial charge in [-0.2, -0.15) is 0 Å². The summed E-state index contributed by atoms with van der Waals surface area (Å²) in [4.78, 5) is 19.0. The van der Waals surface area contributed by atoms with Crippen molar-refractivity contribution in [3.05, 3.63) is 24.0 Å². The number of hydrogen-bond acceptors (Lipinski definition) is 4. The molecule has 3 heterocycles. The number of carbonyl (C=O) groups is 1. The van der Waals surface area contributed by atoms with Crippen LogP contribution in [0.25, 0.3) is 0 Å². The largest absolute Gasteiger partial charge is 0.381 e. The number of likely N-dealkylation sites (tertiary alicyclic amines) is 1. The second-order valence-corrected chi connectivity index (χ2v) is 6.50. The maximum absolute atomic E-state index is 12.7. The highest BCUT2D eigenvalue weighted by Gasteiger charge is 2.26. The first-order valence-electron chi connectivity index (χ1n) is 8.90. The van der Waals surface area contributed by atoms with Crippen LogP contribution in [0.2, 0.25) is 0 Å². The van der Waals surface area contributed by atoms with Crippen LogP contribution in [0.1, 0.15) is 55.9 Å². The third-order valence-corrected chi connectivity index (χ3v) is 4.90. The van der Waals surface area contributed by atoms with Crippen molar-refractivity contribution in [2.45, 2.75) is 57.6 Å². The van der Waals surface area contributed by atoms with Gasteiger partial charge in [0.15, 0.2) is 0 Å². The Hall–Kier alpha value is -1.62. The third kappa shape index (κ3) is 4.02. The zero-order chi connectivity index (χ0) is 16.1. The summed E-state index contributed by atoms with van der Waals surface area (Å²) >= 11 is 0. The molecule has 1 amide bonds. The van der Waals surface area contributed by atoms with E-state index < -0.39 is 0 Å². The molecular formula is C18H27N3O2. The summed E-state index contributed by atoms with van der Waals surface area (Å²) in [6.45, 7) is 4.69. The number of rotatable bonds is 5. The van der Waals surface area contributed by atoms with Crippen LogP contribution in [0.5, 0.6) is 0 Å². The third-order valence-electron chi connectivity index (χ3n) is 4.90. The van der Waals surface area contributed by atoms with Crippen LogP contribution in [0.4, 0.5) is 5.69 Å². The molecule has 0 saturated carbocycles. The molecule has 23 heavy (non-hydrogen) atoms. The Morgan fingerprint density at radius 3 is 2.96 bits per heavy atom. The molecule has 0 bridgehead atoms. The standard InChI is InChI=1S/C18H27N3O2/c1-2-15-6-3-4-10-21(15)18(22)17-9-8-14(12-20-17)19-13-16-7-5-11-23-16/h8-9,12,15-16,19H,2-7,10-11,13H2,1H3. The van der Waals surface area contributed by atoms with E-state index in [1.807, 2.05) is 17.0 Å². The van der Waals surface area contributed by atoms with E-state index in [1.54, 1.807) is 6.20 Å². The highest BCUT2D eigenvalue weighted by atomic mass is 16.5. The first kappa shape index (κ1) is 16.2. The molecule has 2 fully saturated rings. The number of amides is 1. The molecule has 5 nitrogen and oxygen atoms in total. The van der Waals surface area contributed by atoms with Crippen LogP contribution in [-0.4, -0.2) is 47.6 Å². The number of nitrogens with one attached hydrogen (secondary N) is 1. The number of ether oxygens (including phenoxy) is 1. The number of anilines is 1.